The fraction of sp³-hybridized carbons (Fsp3) is 0.385. The van der Waals surface area contributed by atoms with E-state index < -0.39 is 0 Å². The number of carbonyl (C=O) groups excluding carboxylic acids is 2. The van der Waals surface area contributed by atoms with Gasteiger partial charge in [-0.15, -0.1) is 0 Å². The van der Waals surface area contributed by atoms with E-state index in [1.165, 1.54) is 6.92 Å². The van der Waals surface area contributed by atoms with Gasteiger partial charge in [0.05, 0.1) is 5.92 Å². The Balaban J connectivity index is 1.86. The molecule has 0 fully saturated rings. The van der Waals surface area contributed by atoms with Crippen LogP contribution >= 0.6 is 0 Å². The predicted octanol–water partition coefficient (Wildman–Crippen LogP) is 0.448. The maximum atomic E-state index is 12.0. The minimum absolute atomic E-state index is 0.00204. The SMILES string of the molecule is CC(=O)NCCNC(=O)C1CNc2ccccc21. The number of hydrogen-bond acceptors (Lipinski definition) is 3. The highest BCUT2D eigenvalue weighted by atomic mass is 16.2. The topological polar surface area (TPSA) is 70.2 Å². The van der Waals surface area contributed by atoms with Crippen molar-refractivity contribution in [1.82, 2.24) is 10.6 Å². The Hall–Kier alpha value is -2.04. The van der Waals surface area contributed by atoms with Gasteiger partial charge in [-0.1, -0.05) is 18.2 Å². The fourth-order valence-corrected chi connectivity index (χ4v) is 2.07. The van der Waals surface area contributed by atoms with Crippen LogP contribution in [-0.2, 0) is 9.59 Å². The molecule has 0 saturated heterocycles. The van der Waals surface area contributed by atoms with Crippen LogP contribution in [0.25, 0.3) is 0 Å². The molecule has 2 amide bonds. The van der Waals surface area contributed by atoms with Gasteiger partial charge in [-0.2, -0.15) is 0 Å². The van der Waals surface area contributed by atoms with Crippen LogP contribution in [0.1, 0.15) is 18.4 Å². The number of nitrogens with one attached hydrogen (secondary N) is 3. The quantitative estimate of drug-likeness (QED) is 0.676. The van der Waals surface area contributed by atoms with Gasteiger partial charge < -0.3 is 16.0 Å². The molecule has 5 nitrogen and oxygen atoms in total. The van der Waals surface area contributed by atoms with Crippen LogP contribution in [0.5, 0.6) is 0 Å². The van der Waals surface area contributed by atoms with Crippen molar-refractivity contribution in [3.8, 4) is 0 Å². The summed E-state index contributed by atoms with van der Waals surface area (Å²) in [7, 11) is 0. The van der Waals surface area contributed by atoms with E-state index >= 15 is 0 Å². The number of hydrogen-bond donors (Lipinski definition) is 3. The third kappa shape index (κ3) is 2.80. The highest BCUT2D eigenvalue weighted by Gasteiger charge is 2.27. The van der Waals surface area contributed by atoms with Crippen LogP contribution in [0, 0.1) is 0 Å². The summed E-state index contributed by atoms with van der Waals surface area (Å²) in [5.41, 5.74) is 2.06. The van der Waals surface area contributed by atoms with E-state index in [2.05, 4.69) is 16.0 Å². The summed E-state index contributed by atoms with van der Waals surface area (Å²) in [5.74, 6) is -0.228. The number of carbonyl (C=O) groups is 2. The zero-order valence-electron chi connectivity index (χ0n) is 10.3. The lowest BCUT2D eigenvalue weighted by Gasteiger charge is -2.11. The molecule has 0 radical (unpaired) electrons. The molecule has 0 bridgehead atoms. The van der Waals surface area contributed by atoms with E-state index in [0.717, 1.165) is 11.3 Å². The minimum atomic E-state index is -0.140. The molecule has 1 aliphatic rings. The van der Waals surface area contributed by atoms with E-state index in [-0.39, 0.29) is 17.7 Å². The van der Waals surface area contributed by atoms with E-state index in [4.69, 9.17) is 0 Å². The third-order valence-electron chi connectivity index (χ3n) is 2.95. The Morgan fingerprint density at radius 2 is 2.00 bits per heavy atom. The molecular formula is C13H17N3O2. The molecule has 1 atom stereocenters. The summed E-state index contributed by atoms with van der Waals surface area (Å²) in [4.78, 5) is 22.7. The summed E-state index contributed by atoms with van der Waals surface area (Å²) in [6.45, 7) is 3.00. The van der Waals surface area contributed by atoms with Crippen molar-refractivity contribution in [2.75, 3.05) is 25.0 Å². The number of para-hydroxylation sites is 1. The molecule has 0 aromatic heterocycles. The van der Waals surface area contributed by atoms with Crippen molar-refractivity contribution < 1.29 is 9.59 Å². The molecule has 1 aromatic carbocycles. The highest BCUT2D eigenvalue weighted by Crippen LogP contribution is 2.30. The standard InChI is InChI=1S/C13H17N3O2/c1-9(17)14-6-7-15-13(18)11-8-16-12-5-3-2-4-10(11)12/h2-5,11,16H,6-8H2,1H3,(H,14,17)(H,15,18). The number of fused-ring (bicyclic) bond motifs is 1. The van der Waals surface area contributed by atoms with Crippen LogP contribution in [0.4, 0.5) is 5.69 Å². The maximum Gasteiger partial charge on any atom is 0.229 e. The van der Waals surface area contributed by atoms with Gasteiger partial charge in [0.15, 0.2) is 0 Å². The minimum Gasteiger partial charge on any atom is -0.384 e. The number of amides is 2. The fourth-order valence-electron chi connectivity index (χ4n) is 2.07. The molecule has 1 aromatic rings. The Kier molecular flexibility index (Phi) is 3.82. The third-order valence-corrected chi connectivity index (χ3v) is 2.95. The highest BCUT2D eigenvalue weighted by molar-refractivity contribution is 5.88. The molecule has 1 unspecified atom stereocenters. The first-order valence-electron chi connectivity index (χ1n) is 6.03. The lowest BCUT2D eigenvalue weighted by Crippen LogP contribution is -2.36. The molecule has 18 heavy (non-hydrogen) atoms. The van der Waals surface area contributed by atoms with Crippen LogP contribution in [0.3, 0.4) is 0 Å². The van der Waals surface area contributed by atoms with Crippen LogP contribution in [0.2, 0.25) is 0 Å². The van der Waals surface area contributed by atoms with E-state index in [9.17, 15) is 9.59 Å². The van der Waals surface area contributed by atoms with Crippen molar-refractivity contribution in [3.63, 3.8) is 0 Å². The Bertz CT molecular complexity index is 459. The molecular weight excluding hydrogens is 230 g/mol. The van der Waals surface area contributed by atoms with Crippen molar-refractivity contribution in [2.24, 2.45) is 0 Å². The van der Waals surface area contributed by atoms with E-state index in [1.54, 1.807) is 0 Å². The average molecular weight is 247 g/mol. The summed E-state index contributed by atoms with van der Waals surface area (Å²) >= 11 is 0. The number of anilines is 1. The maximum absolute atomic E-state index is 12.0. The van der Waals surface area contributed by atoms with Crippen molar-refractivity contribution in [3.05, 3.63) is 29.8 Å². The summed E-state index contributed by atoms with van der Waals surface area (Å²) in [6, 6.07) is 7.82. The zero-order valence-corrected chi connectivity index (χ0v) is 10.3. The van der Waals surface area contributed by atoms with Crippen LogP contribution in [0.15, 0.2) is 24.3 Å². The van der Waals surface area contributed by atoms with Gasteiger partial charge in [-0.25, -0.2) is 0 Å². The zero-order chi connectivity index (χ0) is 13.0. The first-order valence-corrected chi connectivity index (χ1v) is 6.03. The monoisotopic (exact) mass is 247 g/mol. The molecule has 1 aliphatic heterocycles. The molecule has 1 heterocycles. The number of rotatable bonds is 4. The Morgan fingerprint density at radius 1 is 1.28 bits per heavy atom. The van der Waals surface area contributed by atoms with Crippen LogP contribution < -0.4 is 16.0 Å². The van der Waals surface area contributed by atoms with Crippen molar-refractivity contribution >= 4 is 17.5 Å². The average Bonchev–Trinajstić information content (AvgIpc) is 2.78. The molecule has 0 aliphatic carbocycles. The molecule has 96 valence electrons. The second kappa shape index (κ2) is 5.53. The molecule has 2 rings (SSSR count). The Morgan fingerprint density at radius 3 is 2.78 bits per heavy atom. The lowest BCUT2D eigenvalue weighted by molar-refractivity contribution is -0.123. The largest absolute Gasteiger partial charge is 0.384 e. The van der Waals surface area contributed by atoms with Gasteiger partial charge in [0.1, 0.15) is 0 Å². The first-order chi connectivity index (χ1) is 8.68. The summed E-state index contributed by atoms with van der Waals surface area (Å²) in [6.07, 6.45) is 0. The number of benzene rings is 1. The predicted molar refractivity (Wildman–Crippen MR) is 69.4 cm³/mol. The smallest absolute Gasteiger partial charge is 0.229 e. The van der Waals surface area contributed by atoms with Gasteiger partial charge >= 0.3 is 0 Å². The molecule has 0 spiro atoms. The molecule has 5 heteroatoms. The lowest BCUT2D eigenvalue weighted by atomic mass is 10.0. The van der Waals surface area contributed by atoms with Crippen LogP contribution in [-0.4, -0.2) is 31.4 Å². The van der Waals surface area contributed by atoms with Gasteiger partial charge in [0.25, 0.3) is 0 Å². The van der Waals surface area contributed by atoms with Crippen molar-refractivity contribution in [1.29, 1.82) is 0 Å². The first kappa shape index (κ1) is 12.4. The van der Waals surface area contributed by atoms with E-state index in [0.29, 0.717) is 19.6 Å². The second-order valence-corrected chi connectivity index (χ2v) is 4.29. The van der Waals surface area contributed by atoms with Gasteiger partial charge in [0, 0.05) is 32.2 Å². The van der Waals surface area contributed by atoms with Gasteiger partial charge in [-0.05, 0) is 11.6 Å². The Labute approximate surface area is 106 Å². The normalized spacial score (nSPS) is 16.6. The molecule has 0 saturated carbocycles. The second-order valence-electron chi connectivity index (χ2n) is 4.29. The molecule has 3 N–H and O–H groups in total. The van der Waals surface area contributed by atoms with E-state index in [1.807, 2.05) is 24.3 Å². The van der Waals surface area contributed by atoms with Gasteiger partial charge in [0.2, 0.25) is 11.8 Å². The van der Waals surface area contributed by atoms with Crippen molar-refractivity contribution in [2.45, 2.75) is 12.8 Å². The van der Waals surface area contributed by atoms with Gasteiger partial charge in [-0.3, -0.25) is 9.59 Å². The summed E-state index contributed by atoms with van der Waals surface area (Å²) < 4.78 is 0. The summed E-state index contributed by atoms with van der Waals surface area (Å²) in [5, 5.41) is 8.68.